The molecule has 1 heterocycles. The smallest absolute Gasteiger partial charge is 0.204 e. The lowest BCUT2D eigenvalue weighted by atomic mass is 9.67. The largest absolute Gasteiger partial charge is 0.444 e. The van der Waals surface area contributed by atoms with Gasteiger partial charge in [-0.25, -0.2) is 0 Å². The molecule has 2 N–H and O–H groups in total. The van der Waals surface area contributed by atoms with Gasteiger partial charge in [0, 0.05) is 24.3 Å². The van der Waals surface area contributed by atoms with Crippen LogP contribution in [0.1, 0.15) is 46.0 Å². The average Bonchev–Trinajstić information content (AvgIpc) is 2.45. The Balaban J connectivity index is 2.07. The summed E-state index contributed by atoms with van der Waals surface area (Å²) in [4.78, 5) is 12.7. The van der Waals surface area contributed by atoms with Crippen molar-refractivity contribution in [1.29, 1.82) is 5.26 Å². The van der Waals surface area contributed by atoms with Crippen LogP contribution in [0.25, 0.3) is 0 Å². The van der Waals surface area contributed by atoms with Crippen LogP contribution in [0.5, 0.6) is 0 Å². The summed E-state index contributed by atoms with van der Waals surface area (Å²) >= 11 is 0. The van der Waals surface area contributed by atoms with Crippen molar-refractivity contribution in [3.63, 3.8) is 0 Å². The molecule has 3 rings (SSSR count). The van der Waals surface area contributed by atoms with E-state index in [2.05, 4.69) is 32.1 Å². The summed E-state index contributed by atoms with van der Waals surface area (Å²) in [5, 5.41) is 9.52. The van der Waals surface area contributed by atoms with Gasteiger partial charge in [0.05, 0.1) is 5.57 Å². The third-order valence-corrected chi connectivity index (χ3v) is 4.90. The summed E-state index contributed by atoms with van der Waals surface area (Å²) in [6.45, 7) is 4.13. The highest BCUT2D eigenvalue weighted by molar-refractivity contribution is 5.98. The van der Waals surface area contributed by atoms with E-state index in [1.165, 1.54) is 0 Å². The van der Waals surface area contributed by atoms with Crippen molar-refractivity contribution >= 4 is 5.78 Å². The van der Waals surface area contributed by atoms with Crippen LogP contribution in [0.2, 0.25) is 0 Å². The molecule has 0 unspecified atom stereocenters. The minimum Gasteiger partial charge on any atom is -0.444 e. The highest BCUT2D eigenvalue weighted by Crippen LogP contribution is 2.48. The molecule has 2 aliphatic carbocycles. The molecule has 0 aromatic carbocycles. The molecule has 0 saturated carbocycles. The van der Waals surface area contributed by atoms with Crippen LogP contribution in [0.3, 0.4) is 0 Å². The molecule has 4 nitrogen and oxygen atoms in total. The molecule has 22 heavy (non-hydrogen) atoms. The zero-order chi connectivity index (χ0) is 15.9. The topological polar surface area (TPSA) is 76.1 Å². The predicted octanol–water partition coefficient (Wildman–Crippen LogP) is 3.33. The van der Waals surface area contributed by atoms with Gasteiger partial charge in [-0.05, 0) is 30.6 Å². The summed E-state index contributed by atoms with van der Waals surface area (Å²) in [6, 6.07) is 2.19. The van der Waals surface area contributed by atoms with Crippen LogP contribution in [0, 0.1) is 28.6 Å². The second-order valence-electron chi connectivity index (χ2n) is 7.29. The molecular formula is C18H22N2O2. The fourth-order valence-corrected chi connectivity index (χ4v) is 3.92. The van der Waals surface area contributed by atoms with Crippen LogP contribution in [0.15, 0.2) is 34.9 Å². The maximum atomic E-state index is 12.7. The third kappa shape index (κ3) is 2.45. The van der Waals surface area contributed by atoms with E-state index in [4.69, 9.17) is 10.5 Å². The summed E-state index contributed by atoms with van der Waals surface area (Å²) in [7, 11) is 0. The van der Waals surface area contributed by atoms with Gasteiger partial charge in [-0.3, -0.25) is 4.79 Å². The van der Waals surface area contributed by atoms with E-state index >= 15 is 0 Å². The second-order valence-corrected chi connectivity index (χ2v) is 7.29. The summed E-state index contributed by atoms with van der Waals surface area (Å²) < 4.78 is 5.70. The molecule has 1 aliphatic heterocycles. The van der Waals surface area contributed by atoms with Crippen LogP contribution in [-0.4, -0.2) is 5.78 Å². The number of nitrogens with two attached hydrogens (primary N) is 1. The van der Waals surface area contributed by atoms with E-state index in [-0.39, 0.29) is 28.9 Å². The van der Waals surface area contributed by atoms with Gasteiger partial charge in [0.25, 0.3) is 0 Å². The van der Waals surface area contributed by atoms with Gasteiger partial charge in [0.2, 0.25) is 5.88 Å². The lowest BCUT2D eigenvalue weighted by Crippen LogP contribution is -2.37. The minimum absolute atomic E-state index is 0.114. The highest BCUT2D eigenvalue weighted by Gasteiger charge is 2.44. The molecule has 0 radical (unpaired) electrons. The van der Waals surface area contributed by atoms with Crippen molar-refractivity contribution < 1.29 is 9.53 Å². The van der Waals surface area contributed by atoms with E-state index in [9.17, 15) is 10.1 Å². The van der Waals surface area contributed by atoms with Gasteiger partial charge in [0.15, 0.2) is 5.78 Å². The first-order valence-corrected chi connectivity index (χ1v) is 7.92. The van der Waals surface area contributed by atoms with Crippen molar-refractivity contribution in [2.24, 2.45) is 23.0 Å². The monoisotopic (exact) mass is 298 g/mol. The van der Waals surface area contributed by atoms with Gasteiger partial charge < -0.3 is 10.5 Å². The molecule has 116 valence electrons. The lowest BCUT2D eigenvalue weighted by molar-refractivity contribution is -0.119. The van der Waals surface area contributed by atoms with Crippen molar-refractivity contribution in [3.8, 4) is 6.07 Å². The summed E-state index contributed by atoms with van der Waals surface area (Å²) in [5.41, 5.74) is 7.04. The third-order valence-electron chi connectivity index (χ3n) is 4.90. The second kappa shape index (κ2) is 5.31. The van der Waals surface area contributed by atoms with E-state index in [1.807, 2.05) is 0 Å². The molecule has 0 bridgehead atoms. The maximum Gasteiger partial charge on any atom is 0.204 e. The van der Waals surface area contributed by atoms with Gasteiger partial charge >= 0.3 is 0 Å². The van der Waals surface area contributed by atoms with Crippen LogP contribution in [-0.2, 0) is 9.53 Å². The first-order chi connectivity index (χ1) is 10.4. The fourth-order valence-electron chi connectivity index (χ4n) is 3.92. The maximum absolute atomic E-state index is 12.7. The van der Waals surface area contributed by atoms with Crippen molar-refractivity contribution in [1.82, 2.24) is 0 Å². The van der Waals surface area contributed by atoms with Crippen LogP contribution >= 0.6 is 0 Å². The number of Topliss-reactive ketones (excluding diaryl/α,β-unsaturated/α-hetero) is 1. The Hall–Kier alpha value is -2.02. The Morgan fingerprint density at radius 1 is 1.36 bits per heavy atom. The average molecular weight is 298 g/mol. The molecule has 0 saturated heterocycles. The quantitative estimate of drug-likeness (QED) is 0.753. The number of hydrogen-bond donors (Lipinski definition) is 1. The number of allylic oxidation sites excluding steroid dienone is 5. The van der Waals surface area contributed by atoms with Crippen molar-refractivity contribution in [2.75, 3.05) is 0 Å². The molecule has 4 heteroatoms. The number of nitriles is 1. The molecule has 0 spiro atoms. The van der Waals surface area contributed by atoms with Crippen molar-refractivity contribution in [2.45, 2.75) is 46.0 Å². The lowest BCUT2D eigenvalue weighted by Gasteiger charge is -2.39. The molecular weight excluding hydrogens is 276 g/mol. The van der Waals surface area contributed by atoms with E-state index < -0.39 is 0 Å². The Morgan fingerprint density at radius 2 is 2.14 bits per heavy atom. The molecule has 0 aromatic rings. The SMILES string of the molecule is CC1(C)CC(=O)C2=C(C1)OC(N)=C(C#N)[C@@H]2[C@H]1CC=CCC1. The standard InChI is InChI=1S/C18H22N2O2/c1-18(2)8-13(21)16-14(9-18)22-17(20)12(10-19)15(16)11-6-4-3-5-7-11/h3-4,11,15H,5-9,20H2,1-2H3/t11-,15-/m0/s1. The number of nitrogens with zero attached hydrogens (tertiary/aromatic N) is 1. The number of rotatable bonds is 1. The number of ether oxygens (including phenoxy) is 1. The van der Waals surface area contributed by atoms with Gasteiger partial charge in [-0.2, -0.15) is 5.26 Å². The highest BCUT2D eigenvalue weighted by atomic mass is 16.5. The first kappa shape index (κ1) is 14.9. The van der Waals surface area contributed by atoms with Gasteiger partial charge in [-0.15, -0.1) is 0 Å². The van der Waals surface area contributed by atoms with Crippen LogP contribution < -0.4 is 5.73 Å². The number of carbonyl (C=O) groups is 1. The Kier molecular flexibility index (Phi) is 3.60. The normalized spacial score (nSPS) is 30.7. The van der Waals surface area contributed by atoms with Gasteiger partial charge in [-0.1, -0.05) is 26.0 Å². The number of carbonyl (C=O) groups excluding carboxylic acids is 1. The number of hydrogen-bond acceptors (Lipinski definition) is 4. The van der Waals surface area contributed by atoms with E-state index in [0.29, 0.717) is 29.7 Å². The first-order valence-electron chi connectivity index (χ1n) is 7.92. The molecule has 2 atom stereocenters. The van der Waals surface area contributed by atoms with Crippen LogP contribution in [0.4, 0.5) is 0 Å². The molecule has 0 amide bonds. The van der Waals surface area contributed by atoms with Crippen molar-refractivity contribution in [3.05, 3.63) is 34.9 Å². The summed E-state index contributed by atoms with van der Waals surface area (Å²) in [6.07, 6.45) is 8.37. The molecule has 0 aromatic heterocycles. The minimum atomic E-state index is -0.192. The van der Waals surface area contributed by atoms with Gasteiger partial charge in [0.1, 0.15) is 11.8 Å². The van der Waals surface area contributed by atoms with E-state index in [1.54, 1.807) is 0 Å². The zero-order valence-electron chi connectivity index (χ0n) is 13.2. The zero-order valence-corrected chi connectivity index (χ0v) is 13.2. The Labute approximate surface area is 131 Å². The molecule has 0 fully saturated rings. The van der Waals surface area contributed by atoms with E-state index in [0.717, 1.165) is 19.3 Å². The fraction of sp³-hybridized carbons (Fsp3) is 0.556. The Bertz CT molecular complexity index is 646. The summed E-state index contributed by atoms with van der Waals surface area (Å²) in [5.74, 6) is 1.06. The Morgan fingerprint density at radius 3 is 2.77 bits per heavy atom. The molecule has 3 aliphatic rings. The predicted molar refractivity (Wildman–Crippen MR) is 82.9 cm³/mol. The number of ketones is 1.